The third-order valence-corrected chi connectivity index (χ3v) is 7.51. The Hall–Kier alpha value is -2.95. The fourth-order valence-electron chi connectivity index (χ4n) is 6.01. The Morgan fingerprint density at radius 2 is 1.48 bits per heavy atom. The lowest BCUT2D eigenvalue weighted by molar-refractivity contribution is -0.148. The smallest absolute Gasteiger partial charge is 0.244 e. The van der Waals surface area contributed by atoms with Crippen molar-refractivity contribution in [1.82, 2.24) is 10.2 Å². The Kier molecular flexibility index (Phi) is 5.12. The van der Waals surface area contributed by atoms with Crippen LogP contribution in [0.1, 0.15) is 43.4 Å². The summed E-state index contributed by atoms with van der Waals surface area (Å²) in [5.41, 5.74) is 1.93. The highest BCUT2D eigenvalue weighted by atomic mass is 16.2. The second-order valence-corrected chi connectivity index (χ2v) is 9.28. The average molecular weight is 417 g/mol. The number of nitrogens with zero attached hydrogens (tertiary/aromatic N) is 1. The first-order valence-electron chi connectivity index (χ1n) is 11.3. The van der Waals surface area contributed by atoms with Gasteiger partial charge < -0.3 is 5.32 Å². The molecule has 2 aliphatic carbocycles. The maximum Gasteiger partial charge on any atom is 0.244 e. The minimum atomic E-state index is -0.821. The molecule has 1 saturated heterocycles. The van der Waals surface area contributed by atoms with Crippen LogP contribution < -0.4 is 5.32 Å². The van der Waals surface area contributed by atoms with Crippen LogP contribution in [-0.4, -0.2) is 28.7 Å². The van der Waals surface area contributed by atoms with Gasteiger partial charge in [0, 0.05) is 6.42 Å². The molecule has 2 aromatic carbocycles. The number of likely N-dealkylation sites (tertiary alicyclic amines) is 1. The van der Waals surface area contributed by atoms with Crippen LogP contribution in [0.15, 0.2) is 60.7 Å². The van der Waals surface area contributed by atoms with Crippen molar-refractivity contribution in [3.05, 3.63) is 71.8 Å². The molecule has 6 atom stereocenters. The molecule has 5 nitrogen and oxygen atoms in total. The molecule has 0 radical (unpaired) electrons. The van der Waals surface area contributed by atoms with E-state index in [1.165, 1.54) is 4.90 Å². The van der Waals surface area contributed by atoms with Crippen molar-refractivity contribution in [3.63, 3.8) is 0 Å². The second kappa shape index (κ2) is 7.95. The number of hydrogen-bond acceptors (Lipinski definition) is 3. The van der Waals surface area contributed by atoms with Crippen LogP contribution in [0.2, 0.25) is 0 Å². The van der Waals surface area contributed by atoms with E-state index < -0.39 is 6.04 Å². The van der Waals surface area contributed by atoms with Crippen LogP contribution in [0.5, 0.6) is 0 Å². The number of nitrogens with one attached hydrogen (secondary N) is 1. The number of imide groups is 1. The van der Waals surface area contributed by atoms with Gasteiger partial charge in [-0.2, -0.15) is 0 Å². The molecule has 3 fully saturated rings. The van der Waals surface area contributed by atoms with Gasteiger partial charge in [0.2, 0.25) is 17.7 Å². The van der Waals surface area contributed by atoms with Crippen molar-refractivity contribution in [2.24, 2.45) is 23.7 Å². The van der Waals surface area contributed by atoms with Gasteiger partial charge in [-0.15, -0.1) is 0 Å². The summed E-state index contributed by atoms with van der Waals surface area (Å²) in [6.45, 7) is 1.93. The van der Waals surface area contributed by atoms with E-state index in [0.29, 0.717) is 18.3 Å². The monoisotopic (exact) mass is 416 g/mol. The molecule has 2 aromatic rings. The molecule has 2 saturated carbocycles. The molecule has 160 valence electrons. The Morgan fingerprint density at radius 3 is 2.06 bits per heavy atom. The molecule has 0 spiro atoms. The Morgan fingerprint density at radius 1 is 0.935 bits per heavy atom. The first kappa shape index (κ1) is 20.0. The summed E-state index contributed by atoms with van der Waals surface area (Å²) in [4.78, 5) is 41.6. The Labute approximate surface area is 182 Å². The number of amides is 3. The van der Waals surface area contributed by atoms with Gasteiger partial charge >= 0.3 is 0 Å². The van der Waals surface area contributed by atoms with Gasteiger partial charge in [-0.1, -0.05) is 60.7 Å². The van der Waals surface area contributed by atoms with Gasteiger partial charge in [0.05, 0.1) is 17.9 Å². The van der Waals surface area contributed by atoms with Crippen molar-refractivity contribution in [3.8, 4) is 0 Å². The van der Waals surface area contributed by atoms with Gasteiger partial charge in [-0.05, 0) is 49.1 Å². The number of rotatable bonds is 6. The molecule has 1 aliphatic heterocycles. The van der Waals surface area contributed by atoms with Gasteiger partial charge in [0.15, 0.2) is 0 Å². The van der Waals surface area contributed by atoms with Crippen molar-refractivity contribution in [2.45, 2.75) is 44.7 Å². The molecule has 3 amide bonds. The molecule has 5 heteroatoms. The van der Waals surface area contributed by atoms with E-state index in [0.717, 1.165) is 30.4 Å². The summed E-state index contributed by atoms with van der Waals surface area (Å²) in [6, 6.07) is 18.3. The molecule has 1 N–H and O–H groups in total. The van der Waals surface area contributed by atoms with E-state index in [2.05, 4.69) is 5.32 Å². The van der Waals surface area contributed by atoms with Crippen LogP contribution in [0.3, 0.4) is 0 Å². The quantitative estimate of drug-likeness (QED) is 0.733. The maximum absolute atomic E-state index is 13.5. The minimum Gasteiger partial charge on any atom is -0.348 e. The molecular formula is C26H28N2O3. The predicted octanol–water partition coefficient (Wildman–Crippen LogP) is 3.51. The molecular weight excluding hydrogens is 388 g/mol. The van der Waals surface area contributed by atoms with Crippen LogP contribution in [0, 0.1) is 23.7 Å². The number of fused-ring (bicyclic) bond motifs is 5. The van der Waals surface area contributed by atoms with Crippen LogP contribution in [-0.2, 0) is 20.8 Å². The summed E-state index contributed by atoms with van der Waals surface area (Å²) >= 11 is 0. The highest BCUT2D eigenvalue weighted by molar-refractivity contribution is 6.09. The number of carbonyl (C=O) groups is 3. The molecule has 0 unspecified atom stereocenters. The molecule has 0 aromatic heterocycles. The second-order valence-electron chi connectivity index (χ2n) is 9.28. The van der Waals surface area contributed by atoms with Crippen molar-refractivity contribution in [1.29, 1.82) is 0 Å². The zero-order chi connectivity index (χ0) is 21.5. The lowest BCUT2D eigenvalue weighted by atomic mass is 9.81. The predicted molar refractivity (Wildman–Crippen MR) is 117 cm³/mol. The van der Waals surface area contributed by atoms with E-state index in [-0.39, 0.29) is 35.6 Å². The zero-order valence-electron chi connectivity index (χ0n) is 17.7. The first-order chi connectivity index (χ1) is 15.0. The average Bonchev–Trinajstić information content (AvgIpc) is 3.47. The fraction of sp³-hybridized carbons (Fsp3) is 0.423. The SMILES string of the molecule is C[C@H](NC(=O)[C@H](Cc1ccccc1)N1C(=O)[C@@H]2[C@H]3CC[C@@H](C3)[C@H]2C1=O)c1ccccc1. The highest BCUT2D eigenvalue weighted by Gasteiger charge is 2.62. The van der Waals surface area contributed by atoms with E-state index in [1.54, 1.807) is 0 Å². The van der Waals surface area contributed by atoms with Crippen LogP contribution in [0.25, 0.3) is 0 Å². The van der Waals surface area contributed by atoms with E-state index >= 15 is 0 Å². The zero-order valence-corrected chi connectivity index (χ0v) is 17.7. The van der Waals surface area contributed by atoms with Crippen LogP contribution in [0.4, 0.5) is 0 Å². The fourth-order valence-corrected chi connectivity index (χ4v) is 6.01. The van der Waals surface area contributed by atoms with Crippen molar-refractivity contribution < 1.29 is 14.4 Å². The van der Waals surface area contributed by atoms with E-state index in [9.17, 15) is 14.4 Å². The first-order valence-corrected chi connectivity index (χ1v) is 11.3. The third-order valence-electron chi connectivity index (χ3n) is 7.51. The largest absolute Gasteiger partial charge is 0.348 e. The van der Waals surface area contributed by atoms with Crippen LogP contribution >= 0.6 is 0 Å². The van der Waals surface area contributed by atoms with Crippen molar-refractivity contribution in [2.75, 3.05) is 0 Å². The lowest BCUT2D eigenvalue weighted by Gasteiger charge is -2.28. The maximum atomic E-state index is 13.5. The van der Waals surface area contributed by atoms with E-state index in [4.69, 9.17) is 0 Å². The standard InChI is InChI=1S/C26H28N2O3/c1-16(18-10-6-3-7-11-18)27-24(29)21(14-17-8-4-2-5-9-17)28-25(30)22-19-12-13-20(15-19)23(22)26(28)31/h2-11,16,19-23H,12-15H2,1H3,(H,27,29)/t16-,19-,20-,21-,22+,23+/m0/s1. The molecule has 31 heavy (non-hydrogen) atoms. The molecule has 5 rings (SSSR count). The summed E-state index contributed by atoms with van der Waals surface area (Å²) in [5.74, 6) is -0.362. The molecule has 1 heterocycles. The number of carbonyl (C=O) groups excluding carboxylic acids is 3. The summed E-state index contributed by atoms with van der Waals surface area (Å²) in [5, 5.41) is 3.05. The minimum absolute atomic E-state index is 0.134. The highest BCUT2D eigenvalue weighted by Crippen LogP contribution is 2.56. The normalized spacial score (nSPS) is 28.5. The van der Waals surface area contributed by atoms with Gasteiger partial charge in [-0.3, -0.25) is 19.3 Å². The topological polar surface area (TPSA) is 66.5 Å². The number of hydrogen-bond donors (Lipinski definition) is 1. The molecule has 3 aliphatic rings. The summed E-state index contributed by atoms with van der Waals surface area (Å²) < 4.78 is 0. The summed E-state index contributed by atoms with van der Waals surface area (Å²) in [7, 11) is 0. The number of benzene rings is 2. The Balaban J connectivity index is 1.43. The molecule has 2 bridgehead atoms. The summed E-state index contributed by atoms with van der Waals surface area (Å²) in [6.07, 6.45) is 3.38. The lowest BCUT2D eigenvalue weighted by Crippen LogP contribution is -2.52. The van der Waals surface area contributed by atoms with Gasteiger partial charge in [0.25, 0.3) is 0 Å². The third kappa shape index (κ3) is 3.46. The van der Waals surface area contributed by atoms with E-state index in [1.807, 2.05) is 67.6 Å². The van der Waals surface area contributed by atoms with Gasteiger partial charge in [-0.25, -0.2) is 0 Å². The van der Waals surface area contributed by atoms with Crippen molar-refractivity contribution >= 4 is 17.7 Å². The Bertz CT molecular complexity index is 962. The van der Waals surface area contributed by atoms with Gasteiger partial charge in [0.1, 0.15) is 6.04 Å².